The molecule has 2 aromatic rings. The molecule has 6 heteroatoms. The molecule has 1 N–H and O–H groups in total. The Hall–Kier alpha value is -2.37. The molecule has 0 unspecified atom stereocenters. The van der Waals surface area contributed by atoms with Crippen molar-refractivity contribution in [2.45, 2.75) is 0 Å². The van der Waals surface area contributed by atoms with E-state index in [1.54, 1.807) is 0 Å². The van der Waals surface area contributed by atoms with Gasteiger partial charge in [-0.15, -0.1) is 0 Å². The molecule has 0 heterocycles. The molecule has 0 aliphatic heterocycles. The van der Waals surface area contributed by atoms with Gasteiger partial charge in [0.25, 0.3) is 0 Å². The number of aromatic carboxylic acids is 1. The highest BCUT2D eigenvalue weighted by Gasteiger charge is 2.19. The van der Waals surface area contributed by atoms with E-state index in [0.29, 0.717) is 12.1 Å². The third kappa shape index (κ3) is 2.29. The summed E-state index contributed by atoms with van der Waals surface area (Å²) < 4.78 is 53.4. The minimum absolute atomic E-state index is 0.281. The van der Waals surface area contributed by atoms with E-state index in [2.05, 4.69) is 0 Å². The minimum Gasteiger partial charge on any atom is -0.477 e. The van der Waals surface area contributed by atoms with Gasteiger partial charge in [-0.3, -0.25) is 0 Å². The van der Waals surface area contributed by atoms with Crippen molar-refractivity contribution in [3.63, 3.8) is 0 Å². The van der Waals surface area contributed by atoms with Crippen molar-refractivity contribution in [2.75, 3.05) is 0 Å². The SMILES string of the molecule is O=C(O)c1c(F)cc(-c2cccc(F)c2F)cc1F. The zero-order valence-electron chi connectivity index (χ0n) is 9.25. The van der Waals surface area contributed by atoms with E-state index in [9.17, 15) is 22.4 Å². The number of carboxylic acid groups (broad SMARTS) is 1. The van der Waals surface area contributed by atoms with Crippen molar-refractivity contribution < 1.29 is 27.5 Å². The van der Waals surface area contributed by atoms with E-state index in [1.807, 2.05) is 0 Å². The summed E-state index contributed by atoms with van der Waals surface area (Å²) in [6, 6.07) is 4.45. The molecule has 0 radical (unpaired) electrons. The van der Waals surface area contributed by atoms with Gasteiger partial charge in [0.1, 0.15) is 17.2 Å². The van der Waals surface area contributed by atoms with Crippen LogP contribution in [0.25, 0.3) is 11.1 Å². The first-order chi connectivity index (χ1) is 8.91. The molecule has 2 aromatic carbocycles. The first-order valence-corrected chi connectivity index (χ1v) is 5.08. The number of carboxylic acids is 1. The molecule has 0 aliphatic carbocycles. The molecule has 0 amide bonds. The summed E-state index contributed by atoms with van der Waals surface area (Å²) in [4.78, 5) is 10.6. The maximum Gasteiger partial charge on any atom is 0.341 e. The number of hydrogen-bond acceptors (Lipinski definition) is 1. The van der Waals surface area contributed by atoms with Crippen LogP contribution in [-0.2, 0) is 0 Å². The molecule has 98 valence electrons. The largest absolute Gasteiger partial charge is 0.477 e. The van der Waals surface area contributed by atoms with Crippen molar-refractivity contribution in [2.24, 2.45) is 0 Å². The average Bonchev–Trinajstić information content (AvgIpc) is 2.31. The van der Waals surface area contributed by atoms with Gasteiger partial charge in [-0.1, -0.05) is 12.1 Å². The number of carbonyl (C=O) groups is 1. The van der Waals surface area contributed by atoms with Crippen LogP contribution in [0.5, 0.6) is 0 Å². The van der Waals surface area contributed by atoms with E-state index in [4.69, 9.17) is 5.11 Å². The summed E-state index contributed by atoms with van der Waals surface area (Å²) in [5, 5.41) is 8.59. The van der Waals surface area contributed by atoms with Gasteiger partial charge in [0.05, 0.1) is 0 Å². The smallest absolute Gasteiger partial charge is 0.341 e. The fourth-order valence-electron chi connectivity index (χ4n) is 1.66. The van der Waals surface area contributed by atoms with E-state index in [-0.39, 0.29) is 11.1 Å². The van der Waals surface area contributed by atoms with Crippen molar-refractivity contribution in [3.8, 4) is 11.1 Å². The van der Waals surface area contributed by atoms with Crippen molar-refractivity contribution in [3.05, 3.63) is 59.2 Å². The van der Waals surface area contributed by atoms with Crippen molar-refractivity contribution in [1.29, 1.82) is 0 Å². The van der Waals surface area contributed by atoms with Gasteiger partial charge in [0.2, 0.25) is 0 Å². The van der Waals surface area contributed by atoms with Crippen LogP contribution in [0.1, 0.15) is 10.4 Å². The quantitative estimate of drug-likeness (QED) is 0.846. The molecule has 0 aliphatic rings. The molecule has 0 spiro atoms. The van der Waals surface area contributed by atoms with E-state index in [0.717, 1.165) is 12.1 Å². The summed E-state index contributed by atoms with van der Waals surface area (Å²) in [5.74, 6) is -6.91. The van der Waals surface area contributed by atoms with Crippen LogP contribution in [0.4, 0.5) is 17.6 Å². The van der Waals surface area contributed by atoms with E-state index in [1.165, 1.54) is 6.07 Å². The molecule has 0 fully saturated rings. The highest BCUT2D eigenvalue weighted by Crippen LogP contribution is 2.27. The second kappa shape index (κ2) is 4.72. The molecular formula is C13H6F4O2. The molecule has 0 atom stereocenters. The van der Waals surface area contributed by atoms with Crippen LogP contribution in [0, 0.1) is 23.3 Å². The molecule has 2 rings (SSSR count). The van der Waals surface area contributed by atoms with Gasteiger partial charge in [0, 0.05) is 5.56 Å². The Morgan fingerprint density at radius 1 is 0.947 bits per heavy atom. The topological polar surface area (TPSA) is 37.3 Å². The van der Waals surface area contributed by atoms with E-state index >= 15 is 0 Å². The zero-order chi connectivity index (χ0) is 14.2. The van der Waals surface area contributed by atoms with Crippen LogP contribution < -0.4 is 0 Å². The lowest BCUT2D eigenvalue weighted by atomic mass is 10.0. The second-order valence-corrected chi connectivity index (χ2v) is 3.72. The first kappa shape index (κ1) is 13.1. The Morgan fingerprint density at radius 2 is 1.53 bits per heavy atom. The summed E-state index contributed by atoms with van der Waals surface area (Å²) in [6.07, 6.45) is 0. The summed E-state index contributed by atoms with van der Waals surface area (Å²) >= 11 is 0. The predicted molar refractivity (Wildman–Crippen MR) is 58.7 cm³/mol. The van der Waals surface area contributed by atoms with Gasteiger partial charge in [-0.25, -0.2) is 22.4 Å². The van der Waals surface area contributed by atoms with Crippen LogP contribution in [0.15, 0.2) is 30.3 Å². The van der Waals surface area contributed by atoms with Crippen LogP contribution >= 0.6 is 0 Å². The average molecular weight is 270 g/mol. The van der Waals surface area contributed by atoms with Gasteiger partial charge < -0.3 is 5.11 Å². The third-order valence-electron chi connectivity index (χ3n) is 2.52. The maximum atomic E-state index is 13.5. The fourth-order valence-corrected chi connectivity index (χ4v) is 1.66. The Kier molecular flexibility index (Phi) is 3.25. The molecule has 0 saturated heterocycles. The molecule has 2 nitrogen and oxygen atoms in total. The minimum atomic E-state index is -1.78. The maximum absolute atomic E-state index is 13.5. The third-order valence-corrected chi connectivity index (χ3v) is 2.52. The number of hydrogen-bond donors (Lipinski definition) is 1. The molecule has 19 heavy (non-hydrogen) atoms. The van der Waals surface area contributed by atoms with Crippen LogP contribution in [0.2, 0.25) is 0 Å². The first-order valence-electron chi connectivity index (χ1n) is 5.08. The molecule has 0 saturated carbocycles. The molecule has 0 aromatic heterocycles. The van der Waals surface area contributed by atoms with Crippen LogP contribution in [-0.4, -0.2) is 11.1 Å². The number of benzene rings is 2. The standard InChI is InChI=1S/C13H6F4O2/c14-8-3-1-2-7(12(8)17)6-4-9(15)11(13(18)19)10(16)5-6/h1-5H,(H,18,19). The van der Waals surface area contributed by atoms with Gasteiger partial charge in [-0.2, -0.15) is 0 Å². The highest BCUT2D eigenvalue weighted by atomic mass is 19.2. The Bertz CT molecular complexity index is 645. The Balaban J connectivity index is 2.65. The summed E-state index contributed by atoms with van der Waals surface area (Å²) in [7, 11) is 0. The van der Waals surface area contributed by atoms with Gasteiger partial charge in [0.15, 0.2) is 11.6 Å². The second-order valence-electron chi connectivity index (χ2n) is 3.72. The number of rotatable bonds is 2. The monoisotopic (exact) mass is 270 g/mol. The number of halogens is 4. The fraction of sp³-hybridized carbons (Fsp3) is 0. The lowest BCUT2D eigenvalue weighted by Gasteiger charge is -2.07. The Labute approximate surface area is 104 Å². The summed E-state index contributed by atoms with van der Waals surface area (Å²) in [5.41, 5.74) is -1.77. The highest BCUT2D eigenvalue weighted by molar-refractivity contribution is 5.89. The van der Waals surface area contributed by atoms with Crippen molar-refractivity contribution >= 4 is 5.97 Å². The van der Waals surface area contributed by atoms with Crippen LogP contribution in [0.3, 0.4) is 0 Å². The zero-order valence-corrected chi connectivity index (χ0v) is 9.25. The van der Waals surface area contributed by atoms with Gasteiger partial charge >= 0.3 is 5.97 Å². The molecular weight excluding hydrogens is 264 g/mol. The normalized spacial score (nSPS) is 10.5. The summed E-state index contributed by atoms with van der Waals surface area (Å²) in [6.45, 7) is 0. The lowest BCUT2D eigenvalue weighted by molar-refractivity contribution is 0.0686. The van der Waals surface area contributed by atoms with Crippen molar-refractivity contribution in [1.82, 2.24) is 0 Å². The lowest BCUT2D eigenvalue weighted by Crippen LogP contribution is -2.05. The predicted octanol–water partition coefficient (Wildman–Crippen LogP) is 3.61. The Morgan fingerprint density at radius 3 is 2.05 bits per heavy atom. The van der Waals surface area contributed by atoms with E-state index < -0.39 is 34.8 Å². The molecule has 0 bridgehead atoms. The van der Waals surface area contributed by atoms with Gasteiger partial charge in [-0.05, 0) is 23.8 Å².